The second-order valence-corrected chi connectivity index (χ2v) is 4.09. The first-order valence-electron chi connectivity index (χ1n) is 5.79. The second kappa shape index (κ2) is 5.91. The van der Waals surface area contributed by atoms with Gasteiger partial charge in [-0.25, -0.2) is 9.97 Å². The zero-order chi connectivity index (χ0) is 13.8. The Kier molecular flexibility index (Phi) is 4.25. The minimum atomic E-state index is -0.425. The van der Waals surface area contributed by atoms with Crippen LogP contribution in [0.2, 0.25) is 0 Å². The Bertz CT molecular complexity index is 606. The number of H-pyrrole nitrogens is 1. The van der Waals surface area contributed by atoms with E-state index in [9.17, 15) is 4.79 Å². The van der Waals surface area contributed by atoms with Crippen molar-refractivity contribution in [2.24, 2.45) is 0 Å². The zero-order valence-corrected chi connectivity index (χ0v) is 10.8. The third-order valence-corrected chi connectivity index (χ3v) is 2.60. The number of rotatable bonds is 6. The van der Waals surface area contributed by atoms with Crippen LogP contribution in [0.4, 0.5) is 0 Å². The lowest BCUT2D eigenvalue weighted by Crippen LogP contribution is -2.24. The fourth-order valence-corrected chi connectivity index (χ4v) is 1.68. The number of ether oxygens (including phenoxy) is 2. The lowest BCUT2D eigenvalue weighted by Gasteiger charge is -2.14. The molecule has 8 heteroatoms. The molecule has 0 aliphatic rings. The van der Waals surface area contributed by atoms with Gasteiger partial charge in [-0.2, -0.15) is 0 Å². The fraction of sp³-hybridized carbons (Fsp3) is 0.545. The summed E-state index contributed by atoms with van der Waals surface area (Å²) < 4.78 is 12.0. The number of fused-ring (bicyclic) bond motifs is 1. The summed E-state index contributed by atoms with van der Waals surface area (Å²) in [5.74, 6) is 0.509. The number of aliphatic hydroxyl groups excluding tert-OH is 1. The van der Waals surface area contributed by atoms with E-state index in [4.69, 9.17) is 14.6 Å². The van der Waals surface area contributed by atoms with Gasteiger partial charge in [0.2, 0.25) is 0 Å². The molecular weight excluding hydrogens is 252 g/mol. The highest BCUT2D eigenvalue weighted by Crippen LogP contribution is 2.06. The molecule has 0 amide bonds. The van der Waals surface area contributed by atoms with Crippen LogP contribution in [0.15, 0.2) is 11.1 Å². The molecule has 0 aromatic carbocycles. The number of methoxy groups -OCH3 is 1. The van der Waals surface area contributed by atoms with Gasteiger partial charge >= 0.3 is 0 Å². The molecule has 0 aliphatic carbocycles. The zero-order valence-electron chi connectivity index (χ0n) is 10.8. The number of hydrogen-bond donors (Lipinski definition) is 2. The number of imidazole rings is 1. The predicted molar refractivity (Wildman–Crippen MR) is 66.7 cm³/mol. The fourth-order valence-electron chi connectivity index (χ4n) is 1.68. The topological polar surface area (TPSA) is 102 Å². The molecule has 2 aromatic rings. The number of aryl methyl sites for hydroxylation is 1. The summed E-state index contributed by atoms with van der Waals surface area (Å²) in [4.78, 5) is 22.4. The monoisotopic (exact) mass is 268 g/mol. The lowest BCUT2D eigenvalue weighted by molar-refractivity contribution is -0.0577. The maximum atomic E-state index is 11.6. The van der Waals surface area contributed by atoms with Gasteiger partial charge in [0.15, 0.2) is 11.2 Å². The number of aliphatic hydroxyl groups is 1. The van der Waals surface area contributed by atoms with Crippen LogP contribution < -0.4 is 5.56 Å². The third kappa shape index (κ3) is 2.98. The highest BCUT2D eigenvalue weighted by Gasteiger charge is 2.11. The molecule has 2 heterocycles. The summed E-state index contributed by atoms with van der Waals surface area (Å²) in [6.07, 6.45) is 1.05. The normalized spacial score (nSPS) is 13.0. The van der Waals surface area contributed by atoms with Crippen molar-refractivity contribution in [2.45, 2.75) is 19.8 Å². The van der Waals surface area contributed by atoms with Gasteiger partial charge in [-0.3, -0.25) is 9.36 Å². The number of hydrogen-bond acceptors (Lipinski definition) is 6. The molecule has 0 radical (unpaired) electrons. The SMILES string of the molecule is COCC(CO)OCn1cnc2c(=O)[nH]c(C)nc21. The summed E-state index contributed by atoms with van der Waals surface area (Å²) in [5.41, 5.74) is 0.439. The van der Waals surface area contributed by atoms with Crippen LogP contribution in [0.25, 0.3) is 11.2 Å². The molecule has 1 atom stereocenters. The number of aromatic nitrogens is 4. The van der Waals surface area contributed by atoms with E-state index >= 15 is 0 Å². The summed E-state index contributed by atoms with van der Waals surface area (Å²) in [6.45, 7) is 1.98. The second-order valence-electron chi connectivity index (χ2n) is 4.09. The molecule has 0 aliphatic heterocycles. The molecule has 19 heavy (non-hydrogen) atoms. The van der Waals surface area contributed by atoms with Crippen molar-refractivity contribution in [3.8, 4) is 0 Å². The lowest BCUT2D eigenvalue weighted by atomic mass is 10.4. The Morgan fingerprint density at radius 1 is 1.58 bits per heavy atom. The first-order valence-corrected chi connectivity index (χ1v) is 5.79. The quantitative estimate of drug-likeness (QED) is 0.726. The van der Waals surface area contributed by atoms with E-state index in [-0.39, 0.29) is 31.0 Å². The molecule has 0 fully saturated rings. The van der Waals surface area contributed by atoms with Crippen LogP contribution >= 0.6 is 0 Å². The van der Waals surface area contributed by atoms with Gasteiger partial charge in [0, 0.05) is 7.11 Å². The van der Waals surface area contributed by atoms with Gasteiger partial charge in [-0.15, -0.1) is 0 Å². The largest absolute Gasteiger partial charge is 0.394 e. The van der Waals surface area contributed by atoms with E-state index in [0.717, 1.165) is 0 Å². The molecule has 0 saturated carbocycles. The summed E-state index contributed by atoms with van der Waals surface area (Å²) in [6, 6.07) is 0. The maximum absolute atomic E-state index is 11.6. The van der Waals surface area contributed by atoms with Crippen molar-refractivity contribution in [2.75, 3.05) is 20.3 Å². The van der Waals surface area contributed by atoms with E-state index in [1.165, 1.54) is 13.4 Å². The summed E-state index contributed by atoms with van der Waals surface area (Å²) >= 11 is 0. The van der Waals surface area contributed by atoms with Crippen molar-refractivity contribution in [1.29, 1.82) is 0 Å². The van der Waals surface area contributed by atoms with E-state index in [2.05, 4.69) is 15.0 Å². The Morgan fingerprint density at radius 2 is 2.37 bits per heavy atom. The van der Waals surface area contributed by atoms with E-state index in [1.807, 2.05) is 0 Å². The molecule has 0 bridgehead atoms. The van der Waals surface area contributed by atoms with Gasteiger partial charge in [-0.1, -0.05) is 0 Å². The molecule has 104 valence electrons. The maximum Gasteiger partial charge on any atom is 0.279 e. The van der Waals surface area contributed by atoms with E-state index in [0.29, 0.717) is 11.5 Å². The van der Waals surface area contributed by atoms with Gasteiger partial charge in [0.05, 0.1) is 19.5 Å². The van der Waals surface area contributed by atoms with E-state index in [1.54, 1.807) is 11.5 Å². The molecule has 2 aromatic heterocycles. The summed E-state index contributed by atoms with van der Waals surface area (Å²) in [5, 5.41) is 9.09. The molecular formula is C11H16N4O4. The summed E-state index contributed by atoms with van der Waals surface area (Å²) in [7, 11) is 1.53. The minimum absolute atomic E-state index is 0.140. The molecule has 2 N–H and O–H groups in total. The number of nitrogens with zero attached hydrogens (tertiary/aromatic N) is 3. The molecule has 2 rings (SSSR count). The molecule has 0 spiro atoms. The van der Waals surface area contributed by atoms with E-state index < -0.39 is 6.10 Å². The van der Waals surface area contributed by atoms with Crippen LogP contribution in [0.1, 0.15) is 5.82 Å². The Labute approximate surface area is 109 Å². The van der Waals surface area contributed by atoms with Crippen molar-refractivity contribution in [3.05, 3.63) is 22.5 Å². The molecule has 1 unspecified atom stereocenters. The van der Waals surface area contributed by atoms with Gasteiger partial charge < -0.3 is 19.6 Å². The molecule has 8 nitrogen and oxygen atoms in total. The van der Waals surface area contributed by atoms with Crippen molar-refractivity contribution >= 4 is 11.2 Å². The Morgan fingerprint density at radius 3 is 3.05 bits per heavy atom. The predicted octanol–water partition coefficient (Wildman–Crippen LogP) is -0.591. The smallest absolute Gasteiger partial charge is 0.279 e. The first kappa shape index (κ1) is 13.7. The average molecular weight is 268 g/mol. The van der Waals surface area contributed by atoms with Crippen molar-refractivity contribution in [1.82, 2.24) is 19.5 Å². The van der Waals surface area contributed by atoms with Gasteiger partial charge in [0.25, 0.3) is 5.56 Å². The standard InChI is InChI=1S/C11H16N4O4/c1-7-13-10-9(11(17)14-7)12-5-15(10)6-19-8(3-16)4-18-2/h5,8,16H,3-4,6H2,1-2H3,(H,13,14,17). The Hall–Kier alpha value is -1.77. The van der Waals surface area contributed by atoms with Crippen LogP contribution in [0, 0.1) is 6.92 Å². The number of nitrogens with one attached hydrogen (secondary N) is 1. The van der Waals surface area contributed by atoms with Gasteiger partial charge in [-0.05, 0) is 6.92 Å². The van der Waals surface area contributed by atoms with Gasteiger partial charge in [0.1, 0.15) is 18.7 Å². The van der Waals surface area contributed by atoms with Crippen LogP contribution in [-0.2, 0) is 16.2 Å². The number of aromatic amines is 1. The first-order chi connectivity index (χ1) is 9.15. The average Bonchev–Trinajstić information content (AvgIpc) is 2.78. The van der Waals surface area contributed by atoms with Crippen LogP contribution in [0.5, 0.6) is 0 Å². The van der Waals surface area contributed by atoms with Crippen LogP contribution in [-0.4, -0.2) is 51.1 Å². The van der Waals surface area contributed by atoms with Crippen molar-refractivity contribution < 1.29 is 14.6 Å². The minimum Gasteiger partial charge on any atom is -0.394 e. The molecule has 0 saturated heterocycles. The Balaban J connectivity index is 2.19. The highest BCUT2D eigenvalue weighted by atomic mass is 16.5. The highest BCUT2D eigenvalue weighted by molar-refractivity contribution is 5.69. The van der Waals surface area contributed by atoms with Crippen molar-refractivity contribution in [3.63, 3.8) is 0 Å². The third-order valence-electron chi connectivity index (χ3n) is 2.60. The van der Waals surface area contributed by atoms with Crippen LogP contribution in [0.3, 0.4) is 0 Å².